The number of hydrogen-bond donors (Lipinski definition) is 3. The second-order valence-corrected chi connectivity index (χ2v) is 7.10. The maximum absolute atomic E-state index is 12.3. The van der Waals surface area contributed by atoms with E-state index in [4.69, 9.17) is 4.74 Å². The van der Waals surface area contributed by atoms with Crippen molar-refractivity contribution in [3.63, 3.8) is 0 Å². The minimum atomic E-state index is -0.148. The van der Waals surface area contributed by atoms with E-state index in [1.165, 1.54) is 19.3 Å². The zero-order valence-corrected chi connectivity index (χ0v) is 14.9. The van der Waals surface area contributed by atoms with Crippen molar-refractivity contribution in [3.8, 4) is 0 Å². The van der Waals surface area contributed by atoms with Gasteiger partial charge in [0.05, 0.1) is 11.3 Å². The number of aromatic amines is 1. The van der Waals surface area contributed by atoms with Crippen molar-refractivity contribution in [1.29, 1.82) is 0 Å². The van der Waals surface area contributed by atoms with Crippen LogP contribution in [0.2, 0.25) is 0 Å². The first-order valence-corrected chi connectivity index (χ1v) is 9.14. The Kier molecular flexibility index (Phi) is 5.58. The summed E-state index contributed by atoms with van der Waals surface area (Å²) in [7, 11) is 0. The Morgan fingerprint density at radius 2 is 2.20 bits per heavy atom. The van der Waals surface area contributed by atoms with E-state index in [-0.39, 0.29) is 17.7 Å². The third-order valence-corrected chi connectivity index (χ3v) is 5.44. The largest absolute Gasteiger partial charge is 0.375 e. The highest BCUT2D eigenvalue weighted by molar-refractivity contribution is 5.90. The van der Waals surface area contributed by atoms with Gasteiger partial charge in [-0.1, -0.05) is 0 Å². The van der Waals surface area contributed by atoms with Crippen LogP contribution in [0.15, 0.2) is 17.4 Å². The summed E-state index contributed by atoms with van der Waals surface area (Å²) < 4.78 is 6.06. The van der Waals surface area contributed by atoms with Crippen molar-refractivity contribution in [2.75, 3.05) is 11.9 Å². The Morgan fingerprint density at radius 3 is 2.88 bits per heavy atom. The minimum absolute atomic E-state index is 0.0879. The van der Waals surface area contributed by atoms with Crippen molar-refractivity contribution in [2.24, 2.45) is 4.99 Å². The highest BCUT2D eigenvalue weighted by atomic mass is 16.5. The Morgan fingerprint density at radius 1 is 1.40 bits per heavy atom. The number of nitrogens with one attached hydrogen (secondary N) is 3. The van der Waals surface area contributed by atoms with Crippen LogP contribution in [-0.2, 0) is 4.74 Å². The van der Waals surface area contributed by atoms with E-state index in [0.717, 1.165) is 49.2 Å². The van der Waals surface area contributed by atoms with E-state index < -0.39 is 0 Å². The Hall–Kier alpha value is -2.08. The van der Waals surface area contributed by atoms with E-state index >= 15 is 0 Å². The van der Waals surface area contributed by atoms with E-state index in [1.807, 2.05) is 13.0 Å². The van der Waals surface area contributed by atoms with Gasteiger partial charge in [0.15, 0.2) is 0 Å². The van der Waals surface area contributed by atoms with Gasteiger partial charge in [-0.25, -0.2) is 4.79 Å². The molecule has 1 spiro atoms. The maximum atomic E-state index is 12.3. The number of hydrogen-bond acceptors (Lipinski definition) is 3. The molecule has 0 bridgehead atoms. The normalized spacial score (nSPS) is 26.7. The molecule has 1 aliphatic heterocycles. The SMILES string of the molecule is C=N/C=C\c1[nH]cc(NC(=O)NC2CCC3(CCCCO3)CC2)c1C. The number of aliphatic imine (C=N–C) groups is 1. The lowest BCUT2D eigenvalue weighted by Crippen LogP contribution is -2.47. The van der Waals surface area contributed by atoms with Crippen molar-refractivity contribution >= 4 is 24.5 Å². The van der Waals surface area contributed by atoms with E-state index in [9.17, 15) is 4.79 Å². The molecule has 25 heavy (non-hydrogen) atoms. The number of anilines is 1. The molecule has 1 aromatic rings. The third-order valence-electron chi connectivity index (χ3n) is 5.44. The number of nitrogens with zero attached hydrogens (tertiary/aromatic N) is 1. The van der Waals surface area contributed by atoms with Crippen LogP contribution in [0.4, 0.5) is 10.5 Å². The summed E-state index contributed by atoms with van der Waals surface area (Å²) in [5.41, 5.74) is 2.76. The lowest BCUT2D eigenvalue weighted by atomic mass is 9.78. The standard InChI is InChI=1S/C19H28N4O2/c1-14-16(7-11-20-2)21-13-17(14)23-18(24)22-15-5-9-19(10-6-15)8-3-4-12-25-19/h7,11,13,15,21H,2-6,8-10,12H2,1H3,(H2,22,23,24)/b11-7-. The fourth-order valence-electron chi connectivity index (χ4n) is 3.88. The van der Waals surface area contributed by atoms with Crippen molar-refractivity contribution in [1.82, 2.24) is 10.3 Å². The van der Waals surface area contributed by atoms with Gasteiger partial charge in [0, 0.05) is 30.7 Å². The second-order valence-electron chi connectivity index (χ2n) is 7.10. The Bertz CT molecular complexity index is 634. The van der Waals surface area contributed by atoms with Gasteiger partial charge < -0.3 is 20.4 Å². The van der Waals surface area contributed by atoms with Gasteiger partial charge >= 0.3 is 6.03 Å². The number of urea groups is 1. The Labute approximate surface area is 149 Å². The first kappa shape index (κ1) is 17.7. The molecule has 0 atom stereocenters. The van der Waals surface area contributed by atoms with Crippen molar-refractivity contribution in [3.05, 3.63) is 23.7 Å². The van der Waals surface area contributed by atoms with Gasteiger partial charge in [0.1, 0.15) is 0 Å². The molecule has 2 heterocycles. The minimum Gasteiger partial charge on any atom is -0.375 e. The van der Waals surface area contributed by atoms with Crippen LogP contribution in [0.3, 0.4) is 0 Å². The number of ether oxygens (including phenoxy) is 1. The smallest absolute Gasteiger partial charge is 0.319 e. The summed E-state index contributed by atoms with van der Waals surface area (Å²) >= 11 is 0. The number of aromatic nitrogens is 1. The third kappa shape index (κ3) is 4.31. The van der Waals surface area contributed by atoms with Crippen molar-refractivity contribution in [2.45, 2.75) is 63.5 Å². The monoisotopic (exact) mass is 344 g/mol. The van der Waals surface area contributed by atoms with Crippen LogP contribution in [0, 0.1) is 6.92 Å². The maximum Gasteiger partial charge on any atom is 0.319 e. The van der Waals surface area contributed by atoms with Crippen LogP contribution in [-0.4, -0.2) is 36.0 Å². The molecule has 1 saturated heterocycles. The lowest BCUT2D eigenvalue weighted by molar-refractivity contribution is -0.102. The number of carbonyl (C=O) groups excluding carboxylic acids is 1. The molecule has 6 nitrogen and oxygen atoms in total. The topological polar surface area (TPSA) is 78.5 Å². The van der Waals surface area contributed by atoms with Crippen LogP contribution < -0.4 is 10.6 Å². The number of carbonyl (C=O) groups is 1. The summed E-state index contributed by atoms with van der Waals surface area (Å²) in [5.74, 6) is 0. The predicted molar refractivity (Wildman–Crippen MR) is 101 cm³/mol. The first-order chi connectivity index (χ1) is 12.1. The number of rotatable bonds is 4. The number of amides is 2. The molecule has 3 N–H and O–H groups in total. The lowest BCUT2D eigenvalue weighted by Gasteiger charge is -2.42. The molecule has 136 valence electrons. The molecule has 1 aromatic heterocycles. The summed E-state index contributed by atoms with van der Waals surface area (Å²) in [5, 5.41) is 6.04. The second kappa shape index (κ2) is 7.87. The molecule has 0 unspecified atom stereocenters. The molecule has 2 aliphatic rings. The molecular formula is C19H28N4O2. The summed E-state index contributed by atoms with van der Waals surface area (Å²) in [6.45, 7) is 6.27. The summed E-state index contributed by atoms with van der Waals surface area (Å²) in [4.78, 5) is 19.1. The summed E-state index contributed by atoms with van der Waals surface area (Å²) in [6.07, 6.45) is 12.9. The highest BCUT2D eigenvalue weighted by Crippen LogP contribution is 2.38. The van der Waals surface area contributed by atoms with Gasteiger partial charge in [-0.05, 0) is 70.2 Å². The van der Waals surface area contributed by atoms with E-state index in [0.29, 0.717) is 0 Å². The van der Waals surface area contributed by atoms with Gasteiger partial charge in [-0.15, -0.1) is 0 Å². The molecule has 0 aromatic carbocycles. The molecule has 0 radical (unpaired) electrons. The van der Waals surface area contributed by atoms with Crippen molar-refractivity contribution < 1.29 is 9.53 Å². The molecule has 2 fully saturated rings. The molecule has 3 rings (SSSR count). The van der Waals surface area contributed by atoms with Crippen LogP contribution in [0.1, 0.15) is 56.2 Å². The van der Waals surface area contributed by atoms with Gasteiger partial charge in [-0.2, -0.15) is 0 Å². The average molecular weight is 344 g/mol. The quantitative estimate of drug-likeness (QED) is 0.722. The fourth-order valence-corrected chi connectivity index (χ4v) is 3.88. The van der Waals surface area contributed by atoms with Crippen LogP contribution in [0.25, 0.3) is 6.08 Å². The zero-order valence-electron chi connectivity index (χ0n) is 14.9. The van der Waals surface area contributed by atoms with Gasteiger partial charge in [-0.3, -0.25) is 4.99 Å². The predicted octanol–water partition coefficient (Wildman–Crippen LogP) is 4.00. The van der Waals surface area contributed by atoms with Crippen LogP contribution in [0.5, 0.6) is 0 Å². The highest BCUT2D eigenvalue weighted by Gasteiger charge is 2.37. The molecule has 2 amide bonds. The molecular weight excluding hydrogens is 316 g/mol. The van der Waals surface area contributed by atoms with E-state index in [1.54, 1.807) is 12.4 Å². The first-order valence-electron chi connectivity index (χ1n) is 9.14. The molecule has 1 aliphatic carbocycles. The fraction of sp³-hybridized carbons (Fsp3) is 0.579. The van der Waals surface area contributed by atoms with Gasteiger partial charge in [0.2, 0.25) is 0 Å². The van der Waals surface area contributed by atoms with Crippen LogP contribution >= 0.6 is 0 Å². The average Bonchev–Trinajstić information content (AvgIpc) is 2.96. The van der Waals surface area contributed by atoms with Gasteiger partial charge in [0.25, 0.3) is 0 Å². The Balaban J connectivity index is 1.49. The zero-order chi connectivity index (χ0) is 17.7. The van der Waals surface area contributed by atoms with E-state index in [2.05, 4.69) is 27.3 Å². The number of H-pyrrole nitrogens is 1. The molecule has 6 heteroatoms. The molecule has 1 saturated carbocycles. The summed E-state index contributed by atoms with van der Waals surface area (Å²) in [6, 6.07) is 0.0738.